The van der Waals surface area contributed by atoms with Crippen molar-refractivity contribution in [3.05, 3.63) is 35.9 Å². The molecule has 1 aromatic rings. The highest BCUT2D eigenvalue weighted by Gasteiger charge is 2.15. The van der Waals surface area contributed by atoms with E-state index in [2.05, 4.69) is 6.58 Å². The first-order chi connectivity index (χ1) is 8.49. The molecule has 0 radical (unpaired) electrons. The predicted molar refractivity (Wildman–Crippen MR) is 70.6 cm³/mol. The van der Waals surface area contributed by atoms with E-state index in [0.29, 0.717) is 17.9 Å². The summed E-state index contributed by atoms with van der Waals surface area (Å²) in [6, 6.07) is 3.53. The second kappa shape index (κ2) is 6.21. The lowest BCUT2D eigenvalue weighted by atomic mass is 9.97. The lowest BCUT2D eigenvalue weighted by molar-refractivity contribution is -0.131. The zero-order valence-electron chi connectivity index (χ0n) is 11.0. The van der Waals surface area contributed by atoms with Gasteiger partial charge in [-0.05, 0) is 24.5 Å². The number of rotatable bonds is 5. The van der Waals surface area contributed by atoms with Crippen molar-refractivity contribution in [3.63, 3.8) is 0 Å². The highest BCUT2D eigenvalue weighted by molar-refractivity contribution is 5.69. The van der Waals surface area contributed by atoms with Crippen LogP contribution in [0, 0.1) is 0 Å². The third kappa shape index (κ3) is 3.34. The molecule has 0 unspecified atom stereocenters. The molecule has 2 N–H and O–H groups in total. The molecule has 98 valence electrons. The standard InChI is InChI=1S/C14H19NO3/c1-5-6-11-7-12(17-10(4)16)8-13(9(2)3)14(11)18-15/h5,7-9H,1,6,15H2,2-4H3. The fourth-order valence-electron chi connectivity index (χ4n) is 1.79. The topological polar surface area (TPSA) is 61.5 Å². The summed E-state index contributed by atoms with van der Waals surface area (Å²) >= 11 is 0. The van der Waals surface area contributed by atoms with E-state index in [-0.39, 0.29) is 11.9 Å². The van der Waals surface area contributed by atoms with E-state index in [1.54, 1.807) is 18.2 Å². The van der Waals surface area contributed by atoms with Gasteiger partial charge in [0.2, 0.25) is 0 Å². The molecule has 1 rings (SSSR count). The maximum absolute atomic E-state index is 11.0. The molecule has 0 spiro atoms. The van der Waals surface area contributed by atoms with Gasteiger partial charge in [-0.1, -0.05) is 19.9 Å². The quantitative estimate of drug-likeness (QED) is 0.377. The smallest absolute Gasteiger partial charge is 0.308 e. The minimum atomic E-state index is -0.351. The highest BCUT2D eigenvalue weighted by Crippen LogP contribution is 2.34. The van der Waals surface area contributed by atoms with Gasteiger partial charge in [0.1, 0.15) is 5.75 Å². The van der Waals surface area contributed by atoms with Crippen LogP contribution in [0.1, 0.15) is 37.8 Å². The maximum Gasteiger partial charge on any atom is 0.308 e. The van der Waals surface area contributed by atoms with Gasteiger partial charge in [-0.25, -0.2) is 0 Å². The van der Waals surface area contributed by atoms with E-state index in [0.717, 1.165) is 11.1 Å². The summed E-state index contributed by atoms with van der Waals surface area (Å²) in [5.74, 6) is 6.32. The van der Waals surface area contributed by atoms with Crippen molar-refractivity contribution in [2.24, 2.45) is 5.90 Å². The summed E-state index contributed by atoms with van der Waals surface area (Å²) in [5, 5.41) is 0. The van der Waals surface area contributed by atoms with Crippen LogP contribution in [0.4, 0.5) is 0 Å². The number of carbonyl (C=O) groups excluding carboxylic acids is 1. The van der Waals surface area contributed by atoms with Gasteiger partial charge in [-0.2, -0.15) is 5.90 Å². The zero-order chi connectivity index (χ0) is 13.7. The normalized spacial score (nSPS) is 10.3. The lowest BCUT2D eigenvalue weighted by Gasteiger charge is -2.16. The molecule has 4 nitrogen and oxygen atoms in total. The summed E-state index contributed by atoms with van der Waals surface area (Å²) < 4.78 is 5.12. The second-order valence-electron chi connectivity index (χ2n) is 4.36. The molecule has 1 aromatic carbocycles. The largest absolute Gasteiger partial charge is 0.427 e. The molecule has 0 aliphatic rings. The van der Waals surface area contributed by atoms with Gasteiger partial charge in [-0.15, -0.1) is 6.58 Å². The molecule has 0 aliphatic carbocycles. The third-order valence-electron chi connectivity index (χ3n) is 2.53. The molecular weight excluding hydrogens is 230 g/mol. The van der Waals surface area contributed by atoms with E-state index in [1.165, 1.54) is 6.92 Å². The van der Waals surface area contributed by atoms with Crippen LogP contribution in [0.3, 0.4) is 0 Å². The van der Waals surface area contributed by atoms with Crippen LogP contribution in [-0.2, 0) is 11.2 Å². The minimum absolute atomic E-state index is 0.211. The molecule has 0 amide bonds. The van der Waals surface area contributed by atoms with Crippen molar-refractivity contribution in [1.82, 2.24) is 0 Å². The Balaban J connectivity index is 3.32. The van der Waals surface area contributed by atoms with Crippen LogP contribution in [-0.4, -0.2) is 5.97 Å². The number of benzene rings is 1. The number of esters is 1. The molecule has 0 saturated carbocycles. The van der Waals surface area contributed by atoms with E-state index in [4.69, 9.17) is 15.5 Å². The summed E-state index contributed by atoms with van der Waals surface area (Å²) in [5.41, 5.74) is 1.77. The summed E-state index contributed by atoms with van der Waals surface area (Å²) in [6.45, 7) is 9.10. The summed E-state index contributed by atoms with van der Waals surface area (Å²) in [4.78, 5) is 16.0. The minimum Gasteiger partial charge on any atom is -0.427 e. The van der Waals surface area contributed by atoms with E-state index in [1.807, 2.05) is 13.8 Å². The SMILES string of the molecule is C=CCc1cc(OC(C)=O)cc(C(C)C)c1ON. The maximum atomic E-state index is 11.0. The lowest BCUT2D eigenvalue weighted by Crippen LogP contribution is -2.10. The van der Waals surface area contributed by atoms with Crippen LogP contribution >= 0.6 is 0 Å². The van der Waals surface area contributed by atoms with E-state index in [9.17, 15) is 4.79 Å². The van der Waals surface area contributed by atoms with Crippen molar-refractivity contribution in [2.45, 2.75) is 33.1 Å². The average Bonchev–Trinajstić information content (AvgIpc) is 2.27. The van der Waals surface area contributed by atoms with Gasteiger partial charge in [0.25, 0.3) is 0 Å². The summed E-state index contributed by atoms with van der Waals surface area (Å²) in [6.07, 6.45) is 2.35. The molecule has 0 saturated heterocycles. The number of allylic oxidation sites excluding steroid dienone is 1. The number of ether oxygens (including phenoxy) is 1. The number of hydrogen-bond donors (Lipinski definition) is 1. The molecule has 0 heterocycles. The van der Waals surface area contributed by atoms with Crippen LogP contribution in [0.5, 0.6) is 11.5 Å². The van der Waals surface area contributed by atoms with E-state index >= 15 is 0 Å². The fraction of sp³-hybridized carbons (Fsp3) is 0.357. The molecule has 0 atom stereocenters. The third-order valence-corrected chi connectivity index (χ3v) is 2.53. The Hall–Kier alpha value is -1.81. The monoisotopic (exact) mass is 249 g/mol. The molecule has 0 aromatic heterocycles. The number of carbonyl (C=O) groups is 1. The number of hydrogen-bond acceptors (Lipinski definition) is 4. The van der Waals surface area contributed by atoms with Crippen LogP contribution in [0.15, 0.2) is 24.8 Å². The van der Waals surface area contributed by atoms with Gasteiger partial charge >= 0.3 is 5.97 Å². The van der Waals surface area contributed by atoms with Crippen LogP contribution in [0.25, 0.3) is 0 Å². The first kappa shape index (κ1) is 14.3. The Labute approximate surface area is 107 Å². The Morgan fingerprint density at radius 3 is 2.61 bits per heavy atom. The van der Waals surface area contributed by atoms with Crippen molar-refractivity contribution >= 4 is 5.97 Å². The average molecular weight is 249 g/mol. The Morgan fingerprint density at radius 1 is 1.50 bits per heavy atom. The van der Waals surface area contributed by atoms with Crippen molar-refractivity contribution < 1.29 is 14.4 Å². The molecule has 0 bridgehead atoms. The van der Waals surface area contributed by atoms with Crippen LogP contribution < -0.4 is 15.5 Å². The second-order valence-corrected chi connectivity index (χ2v) is 4.36. The summed E-state index contributed by atoms with van der Waals surface area (Å²) in [7, 11) is 0. The molecule has 4 heteroatoms. The van der Waals surface area contributed by atoms with Crippen molar-refractivity contribution in [1.29, 1.82) is 0 Å². The van der Waals surface area contributed by atoms with Gasteiger partial charge in [0.05, 0.1) is 0 Å². The van der Waals surface area contributed by atoms with Gasteiger partial charge in [0, 0.05) is 18.1 Å². The number of nitrogens with two attached hydrogens (primary N) is 1. The van der Waals surface area contributed by atoms with Crippen LogP contribution in [0.2, 0.25) is 0 Å². The first-order valence-electron chi connectivity index (χ1n) is 5.82. The Bertz CT molecular complexity index is 453. The van der Waals surface area contributed by atoms with Gasteiger partial charge in [-0.3, -0.25) is 4.79 Å². The molecule has 0 fully saturated rings. The Kier molecular flexibility index (Phi) is 4.92. The van der Waals surface area contributed by atoms with E-state index < -0.39 is 0 Å². The van der Waals surface area contributed by atoms with Gasteiger partial charge in [0.15, 0.2) is 5.75 Å². The Morgan fingerprint density at radius 2 is 2.17 bits per heavy atom. The zero-order valence-corrected chi connectivity index (χ0v) is 11.0. The highest BCUT2D eigenvalue weighted by atomic mass is 16.6. The van der Waals surface area contributed by atoms with Crippen molar-refractivity contribution in [2.75, 3.05) is 0 Å². The van der Waals surface area contributed by atoms with Gasteiger partial charge < -0.3 is 9.57 Å². The fourth-order valence-corrected chi connectivity index (χ4v) is 1.79. The van der Waals surface area contributed by atoms with Crippen molar-refractivity contribution in [3.8, 4) is 11.5 Å². The molecule has 18 heavy (non-hydrogen) atoms. The predicted octanol–water partition coefficient (Wildman–Crippen LogP) is 2.72. The molecular formula is C14H19NO3. The first-order valence-corrected chi connectivity index (χ1v) is 5.82. The molecule has 0 aliphatic heterocycles.